The van der Waals surface area contributed by atoms with Crippen molar-refractivity contribution in [2.24, 2.45) is 0 Å². The van der Waals surface area contributed by atoms with Gasteiger partial charge in [0, 0.05) is 41.6 Å². The van der Waals surface area contributed by atoms with E-state index in [0.717, 1.165) is 32.6 Å². The second-order valence-electron chi connectivity index (χ2n) is 6.03. The van der Waals surface area contributed by atoms with Gasteiger partial charge >= 0.3 is 0 Å². The van der Waals surface area contributed by atoms with Gasteiger partial charge in [-0.15, -0.1) is 0 Å². The molecule has 138 valence electrons. The van der Waals surface area contributed by atoms with Gasteiger partial charge in [-0.25, -0.2) is 0 Å². The Labute approximate surface area is 167 Å². The van der Waals surface area contributed by atoms with Crippen molar-refractivity contribution in [3.8, 4) is 17.0 Å². The molecule has 0 aliphatic heterocycles. The molecule has 0 aliphatic rings. The number of amides is 1. The molecular weight excluding hydrogens is 406 g/mol. The maximum atomic E-state index is 12.2. The van der Waals surface area contributed by atoms with Gasteiger partial charge in [-0.1, -0.05) is 22.0 Å². The number of benzene rings is 1. The van der Waals surface area contributed by atoms with E-state index in [0.29, 0.717) is 19.4 Å². The minimum absolute atomic E-state index is 0.00614. The standard InChI is InChI=1S/C21H20BrN3O2/c1-27-20-8-6-18(22)11-16(20)5-9-21(26)25-13-15-4-7-19(24-12-15)17-3-2-10-23-14-17/h2-4,6-8,10-12,14H,5,9,13H2,1H3,(H,25,26). The number of aromatic nitrogens is 2. The number of methoxy groups -OCH3 is 1. The van der Waals surface area contributed by atoms with E-state index in [-0.39, 0.29) is 5.91 Å². The van der Waals surface area contributed by atoms with Crippen LogP contribution in [0.2, 0.25) is 0 Å². The monoisotopic (exact) mass is 425 g/mol. The van der Waals surface area contributed by atoms with Crippen molar-refractivity contribution < 1.29 is 9.53 Å². The highest BCUT2D eigenvalue weighted by molar-refractivity contribution is 9.10. The molecule has 0 aliphatic carbocycles. The zero-order valence-corrected chi connectivity index (χ0v) is 16.6. The van der Waals surface area contributed by atoms with Crippen molar-refractivity contribution in [2.45, 2.75) is 19.4 Å². The van der Waals surface area contributed by atoms with Crippen LogP contribution in [-0.4, -0.2) is 23.0 Å². The first-order valence-electron chi connectivity index (χ1n) is 8.60. The molecular formula is C21H20BrN3O2. The zero-order chi connectivity index (χ0) is 19.1. The minimum Gasteiger partial charge on any atom is -0.496 e. The summed E-state index contributed by atoms with van der Waals surface area (Å²) >= 11 is 3.45. The lowest BCUT2D eigenvalue weighted by Gasteiger charge is -2.10. The number of rotatable bonds is 7. The summed E-state index contributed by atoms with van der Waals surface area (Å²) in [5, 5.41) is 2.94. The van der Waals surface area contributed by atoms with Crippen LogP contribution in [0.4, 0.5) is 0 Å². The molecule has 5 nitrogen and oxygen atoms in total. The number of ether oxygens (including phenoxy) is 1. The quantitative estimate of drug-likeness (QED) is 0.616. The normalized spacial score (nSPS) is 10.4. The van der Waals surface area contributed by atoms with E-state index >= 15 is 0 Å². The molecule has 0 saturated carbocycles. The first-order chi connectivity index (χ1) is 13.2. The fraction of sp³-hybridized carbons (Fsp3) is 0.190. The van der Waals surface area contributed by atoms with Gasteiger partial charge in [-0.2, -0.15) is 0 Å². The fourth-order valence-corrected chi connectivity index (χ4v) is 3.10. The molecule has 6 heteroatoms. The van der Waals surface area contributed by atoms with Gasteiger partial charge in [0.25, 0.3) is 0 Å². The van der Waals surface area contributed by atoms with Gasteiger partial charge in [-0.3, -0.25) is 14.8 Å². The van der Waals surface area contributed by atoms with E-state index in [4.69, 9.17) is 4.74 Å². The average molecular weight is 426 g/mol. The van der Waals surface area contributed by atoms with Crippen LogP contribution in [0.15, 0.2) is 65.5 Å². The summed E-state index contributed by atoms with van der Waals surface area (Å²) in [7, 11) is 1.63. The maximum absolute atomic E-state index is 12.2. The number of hydrogen-bond acceptors (Lipinski definition) is 4. The summed E-state index contributed by atoms with van der Waals surface area (Å²) in [6, 6.07) is 13.5. The van der Waals surface area contributed by atoms with Crippen LogP contribution in [-0.2, 0) is 17.8 Å². The predicted molar refractivity (Wildman–Crippen MR) is 108 cm³/mol. The number of nitrogens with one attached hydrogen (secondary N) is 1. The smallest absolute Gasteiger partial charge is 0.220 e. The molecule has 2 heterocycles. The van der Waals surface area contributed by atoms with Gasteiger partial charge in [0.1, 0.15) is 5.75 Å². The summed E-state index contributed by atoms with van der Waals surface area (Å²) < 4.78 is 6.32. The Balaban J connectivity index is 1.51. The number of nitrogens with zero attached hydrogens (tertiary/aromatic N) is 2. The van der Waals surface area contributed by atoms with E-state index in [1.165, 1.54) is 0 Å². The summed E-state index contributed by atoms with van der Waals surface area (Å²) in [6.07, 6.45) is 6.30. The number of pyridine rings is 2. The SMILES string of the molecule is COc1ccc(Br)cc1CCC(=O)NCc1ccc(-c2cccnc2)nc1. The molecule has 1 aromatic carbocycles. The van der Waals surface area contributed by atoms with Crippen LogP contribution in [0.5, 0.6) is 5.75 Å². The van der Waals surface area contributed by atoms with E-state index in [1.54, 1.807) is 25.7 Å². The lowest BCUT2D eigenvalue weighted by molar-refractivity contribution is -0.121. The highest BCUT2D eigenvalue weighted by Gasteiger charge is 2.08. The van der Waals surface area contributed by atoms with Gasteiger partial charge in [-0.05, 0) is 53.9 Å². The average Bonchev–Trinajstić information content (AvgIpc) is 2.72. The maximum Gasteiger partial charge on any atom is 0.220 e. The highest BCUT2D eigenvalue weighted by Crippen LogP contribution is 2.24. The molecule has 3 rings (SSSR count). The summed E-state index contributed by atoms with van der Waals surface area (Å²) in [6.45, 7) is 0.453. The molecule has 3 aromatic rings. The molecule has 0 spiro atoms. The molecule has 27 heavy (non-hydrogen) atoms. The Morgan fingerprint density at radius 1 is 1.19 bits per heavy atom. The first kappa shape index (κ1) is 19.0. The molecule has 0 unspecified atom stereocenters. The van der Waals surface area contributed by atoms with E-state index < -0.39 is 0 Å². The Kier molecular flexibility index (Phi) is 6.54. The molecule has 1 N–H and O–H groups in total. The van der Waals surface area contributed by atoms with Crippen LogP contribution >= 0.6 is 15.9 Å². The number of aryl methyl sites for hydroxylation is 1. The Hall–Kier alpha value is -2.73. The van der Waals surface area contributed by atoms with Crippen LogP contribution in [0.25, 0.3) is 11.3 Å². The minimum atomic E-state index is -0.00614. The number of carbonyl (C=O) groups excluding carboxylic acids is 1. The molecule has 0 bridgehead atoms. The van der Waals surface area contributed by atoms with Gasteiger partial charge in [0.2, 0.25) is 5.91 Å². The second-order valence-corrected chi connectivity index (χ2v) is 6.94. The largest absolute Gasteiger partial charge is 0.496 e. The number of halogens is 1. The molecule has 0 radical (unpaired) electrons. The fourth-order valence-electron chi connectivity index (χ4n) is 2.69. The number of carbonyl (C=O) groups is 1. The van der Waals surface area contributed by atoms with Gasteiger partial charge in [0.15, 0.2) is 0 Å². The third-order valence-electron chi connectivity index (χ3n) is 4.14. The second kappa shape index (κ2) is 9.28. The van der Waals surface area contributed by atoms with Crippen LogP contribution < -0.4 is 10.1 Å². The van der Waals surface area contributed by atoms with Crippen molar-refractivity contribution >= 4 is 21.8 Å². The summed E-state index contributed by atoms with van der Waals surface area (Å²) in [5.74, 6) is 0.787. The topological polar surface area (TPSA) is 64.1 Å². The van der Waals surface area contributed by atoms with Crippen molar-refractivity contribution in [3.05, 3.63) is 76.7 Å². The molecule has 0 saturated heterocycles. The van der Waals surface area contributed by atoms with Crippen LogP contribution in [0.3, 0.4) is 0 Å². The third kappa shape index (κ3) is 5.37. The lowest BCUT2D eigenvalue weighted by Crippen LogP contribution is -2.23. The third-order valence-corrected chi connectivity index (χ3v) is 4.63. The zero-order valence-electron chi connectivity index (χ0n) is 15.0. The van der Waals surface area contributed by atoms with Crippen molar-refractivity contribution in [3.63, 3.8) is 0 Å². The predicted octanol–water partition coefficient (Wildman–Crippen LogP) is 4.16. The number of hydrogen-bond donors (Lipinski definition) is 1. The van der Waals surface area contributed by atoms with E-state index in [9.17, 15) is 4.79 Å². The summed E-state index contributed by atoms with van der Waals surface area (Å²) in [5.41, 5.74) is 3.79. The van der Waals surface area contributed by atoms with Crippen molar-refractivity contribution in [2.75, 3.05) is 7.11 Å². The van der Waals surface area contributed by atoms with Crippen LogP contribution in [0.1, 0.15) is 17.5 Å². The van der Waals surface area contributed by atoms with Gasteiger partial charge < -0.3 is 10.1 Å². The van der Waals surface area contributed by atoms with E-state index in [1.807, 2.05) is 42.5 Å². The van der Waals surface area contributed by atoms with Crippen LogP contribution in [0, 0.1) is 0 Å². The summed E-state index contributed by atoms with van der Waals surface area (Å²) in [4.78, 5) is 20.7. The first-order valence-corrected chi connectivity index (χ1v) is 9.39. The van der Waals surface area contributed by atoms with Gasteiger partial charge in [0.05, 0.1) is 12.8 Å². The molecule has 2 aromatic heterocycles. The molecule has 0 fully saturated rings. The van der Waals surface area contributed by atoms with Crippen molar-refractivity contribution in [1.29, 1.82) is 0 Å². The molecule has 0 atom stereocenters. The Morgan fingerprint density at radius 3 is 2.78 bits per heavy atom. The van der Waals surface area contributed by atoms with Crippen molar-refractivity contribution in [1.82, 2.24) is 15.3 Å². The highest BCUT2D eigenvalue weighted by atomic mass is 79.9. The molecule has 1 amide bonds. The Bertz CT molecular complexity index is 899. The Morgan fingerprint density at radius 2 is 2.07 bits per heavy atom. The van der Waals surface area contributed by atoms with E-state index in [2.05, 4.69) is 31.2 Å². The lowest BCUT2D eigenvalue weighted by atomic mass is 10.1.